The molecule has 0 saturated heterocycles. The van der Waals surface area contributed by atoms with Gasteiger partial charge < -0.3 is 9.47 Å². The van der Waals surface area contributed by atoms with Crippen LogP contribution in [0.5, 0.6) is 11.5 Å². The fourth-order valence-electron chi connectivity index (χ4n) is 2.44. The molecule has 124 valence electrons. The van der Waals surface area contributed by atoms with Gasteiger partial charge in [0.2, 0.25) is 0 Å². The van der Waals surface area contributed by atoms with Gasteiger partial charge in [-0.3, -0.25) is 4.90 Å². The van der Waals surface area contributed by atoms with Gasteiger partial charge in [0.1, 0.15) is 6.61 Å². The van der Waals surface area contributed by atoms with Crippen LogP contribution in [-0.4, -0.2) is 25.1 Å². The molecule has 2 rings (SSSR count). The molecular formula is C19H24INO2. The molecule has 0 radical (unpaired) electrons. The van der Waals surface area contributed by atoms with Crippen molar-refractivity contribution in [2.24, 2.45) is 0 Å². The zero-order valence-corrected chi connectivity index (χ0v) is 16.2. The van der Waals surface area contributed by atoms with Gasteiger partial charge in [-0.2, -0.15) is 0 Å². The number of ether oxygens (including phenoxy) is 2. The van der Waals surface area contributed by atoms with E-state index in [-0.39, 0.29) is 0 Å². The van der Waals surface area contributed by atoms with Crippen molar-refractivity contribution >= 4 is 22.6 Å². The van der Waals surface area contributed by atoms with Crippen LogP contribution in [0.3, 0.4) is 0 Å². The lowest BCUT2D eigenvalue weighted by Crippen LogP contribution is -2.22. The molecule has 0 aliphatic heterocycles. The van der Waals surface area contributed by atoms with E-state index in [0.29, 0.717) is 6.61 Å². The molecule has 0 amide bonds. The first kappa shape index (κ1) is 18.1. The first-order valence-corrected chi connectivity index (χ1v) is 9.01. The second-order valence-electron chi connectivity index (χ2n) is 5.34. The summed E-state index contributed by atoms with van der Waals surface area (Å²) in [5.74, 6) is 1.62. The van der Waals surface area contributed by atoms with Crippen LogP contribution >= 0.6 is 22.6 Å². The molecule has 0 aromatic heterocycles. The van der Waals surface area contributed by atoms with E-state index in [1.165, 1.54) is 5.56 Å². The average Bonchev–Trinajstić information content (AvgIpc) is 2.59. The molecule has 2 aromatic rings. The summed E-state index contributed by atoms with van der Waals surface area (Å²) < 4.78 is 12.7. The summed E-state index contributed by atoms with van der Waals surface area (Å²) in [6.07, 6.45) is 0. The van der Waals surface area contributed by atoms with Crippen molar-refractivity contribution < 1.29 is 9.47 Å². The Hall–Kier alpha value is -1.27. The monoisotopic (exact) mass is 425 g/mol. The van der Waals surface area contributed by atoms with Crippen molar-refractivity contribution in [2.45, 2.75) is 27.0 Å². The zero-order valence-electron chi connectivity index (χ0n) is 14.0. The van der Waals surface area contributed by atoms with E-state index in [2.05, 4.69) is 65.6 Å². The predicted molar refractivity (Wildman–Crippen MR) is 103 cm³/mol. The summed E-state index contributed by atoms with van der Waals surface area (Å²) in [4.78, 5) is 2.38. The fraction of sp³-hybridized carbons (Fsp3) is 0.368. The van der Waals surface area contributed by atoms with E-state index in [1.807, 2.05) is 18.2 Å². The van der Waals surface area contributed by atoms with Gasteiger partial charge in [-0.25, -0.2) is 0 Å². The van der Waals surface area contributed by atoms with E-state index in [1.54, 1.807) is 7.11 Å². The van der Waals surface area contributed by atoms with Crippen molar-refractivity contribution in [3.8, 4) is 11.5 Å². The molecule has 0 aliphatic carbocycles. The second-order valence-corrected chi connectivity index (χ2v) is 6.51. The molecule has 0 unspecified atom stereocenters. The number of nitrogens with zero attached hydrogens (tertiary/aromatic N) is 1. The first-order chi connectivity index (χ1) is 11.2. The summed E-state index contributed by atoms with van der Waals surface area (Å²) in [6.45, 7) is 7.93. The van der Waals surface area contributed by atoms with Crippen molar-refractivity contribution in [1.82, 2.24) is 4.90 Å². The molecule has 3 nitrogen and oxygen atoms in total. The molecule has 23 heavy (non-hydrogen) atoms. The lowest BCUT2D eigenvalue weighted by molar-refractivity contribution is 0.278. The number of methoxy groups -OCH3 is 1. The second kappa shape index (κ2) is 9.13. The zero-order chi connectivity index (χ0) is 16.7. The summed E-state index contributed by atoms with van der Waals surface area (Å²) in [7, 11) is 1.70. The lowest BCUT2D eigenvalue weighted by Gasteiger charge is -2.20. The molecule has 0 saturated carbocycles. The Balaban J connectivity index is 2.16. The van der Waals surface area contributed by atoms with Gasteiger partial charge in [0.15, 0.2) is 11.5 Å². The molecule has 4 heteroatoms. The molecular weight excluding hydrogens is 401 g/mol. The number of rotatable bonds is 8. The summed E-state index contributed by atoms with van der Waals surface area (Å²) >= 11 is 2.33. The summed E-state index contributed by atoms with van der Waals surface area (Å²) in [5.41, 5.74) is 2.40. The van der Waals surface area contributed by atoms with Crippen molar-refractivity contribution in [3.05, 3.63) is 57.2 Å². The number of hydrogen-bond donors (Lipinski definition) is 0. The molecule has 0 aliphatic rings. The van der Waals surface area contributed by atoms with Gasteiger partial charge in [0, 0.05) is 6.54 Å². The normalized spacial score (nSPS) is 10.8. The molecule has 0 atom stereocenters. The average molecular weight is 425 g/mol. The van der Waals surface area contributed by atoms with Gasteiger partial charge >= 0.3 is 0 Å². The largest absolute Gasteiger partial charge is 0.493 e. The lowest BCUT2D eigenvalue weighted by atomic mass is 10.2. The molecule has 0 N–H and O–H groups in total. The fourth-order valence-corrected chi connectivity index (χ4v) is 3.26. The third-order valence-electron chi connectivity index (χ3n) is 3.82. The van der Waals surface area contributed by atoms with Crippen LogP contribution in [-0.2, 0) is 13.2 Å². The summed E-state index contributed by atoms with van der Waals surface area (Å²) in [5, 5.41) is 0. The van der Waals surface area contributed by atoms with E-state index in [4.69, 9.17) is 9.47 Å². The van der Waals surface area contributed by atoms with Crippen LogP contribution in [0.1, 0.15) is 25.0 Å². The maximum Gasteiger partial charge on any atom is 0.174 e. The van der Waals surface area contributed by atoms with Crippen molar-refractivity contribution in [1.29, 1.82) is 0 Å². The molecule has 0 heterocycles. The van der Waals surface area contributed by atoms with E-state index in [9.17, 15) is 0 Å². The van der Waals surface area contributed by atoms with Crippen molar-refractivity contribution in [3.63, 3.8) is 0 Å². The van der Waals surface area contributed by atoms with Gasteiger partial charge in [-0.05, 0) is 58.9 Å². The number of hydrogen-bond acceptors (Lipinski definition) is 3. The Labute approximate surface area is 152 Å². The van der Waals surface area contributed by atoms with Gasteiger partial charge in [0.05, 0.1) is 10.7 Å². The van der Waals surface area contributed by atoms with Gasteiger partial charge in [0.25, 0.3) is 0 Å². The quantitative estimate of drug-likeness (QED) is 0.572. The standard InChI is InChI=1S/C19H24INO2/c1-4-21(5-2)13-16-11-17(20)19(18(12-16)22-3)23-14-15-9-7-6-8-10-15/h6-12H,4-5,13-14H2,1-3H3. The number of benzene rings is 2. The minimum atomic E-state index is 0.544. The third-order valence-corrected chi connectivity index (χ3v) is 4.62. The SMILES string of the molecule is CCN(CC)Cc1cc(I)c(OCc2ccccc2)c(OC)c1. The van der Waals surface area contributed by atoms with E-state index < -0.39 is 0 Å². The third kappa shape index (κ3) is 5.11. The highest BCUT2D eigenvalue weighted by Crippen LogP contribution is 2.34. The van der Waals surface area contributed by atoms with Crippen LogP contribution in [0.4, 0.5) is 0 Å². The van der Waals surface area contributed by atoms with Gasteiger partial charge in [-0.1, -0.05) is 44.2 Å². The summed E-state index contributed by atoms with van der Waals surface area (Å²) in [6, 6.07) is 14.4. The molecule has 2 aromatic carbocycles. The topological polar surface area (TPSA) is 21.7 Å². The van der Waals surface area contributed by atoms with Crippen molar-refractivity contribution in [2.75, 3.05) is 20.2 Å². The van der Waals surface area contributed by atoms with Gasteiger partial charge in [-0.15, -0.1) is 0 Å². The van der Waals surface area contributed by atoms with Crippen LogP contribution in [0.25, 0.3) is 0 Å². The highest BCUT2D eigenvalue weighted by atomic mass is 127. The van der Waals surface area contributed by atoms with E-state index in [0.717, 1.165) is 40.3 Å². The van der Waals surface area contributed by atoms with Crippen LogP contribution in [0, 0.1) is 3.57 Å². The Morgan fingerprint density at radius 2 is 1.70 bits per heavy atom. The van der Waals surface area contributed by atoms with E-state index >= 15 is 0 Å². The highest BCUT2D eigenvalue weighted by Gasteiger charge is 2.13. The minimum absolute atomic E-state index is 0.544. The maximum absolute atomic E-state index is 6.01. The van der Waals surface area contributed by atoms with Crippen LogP contribution in [0.2, 0.25) is 0 Å². The minimum Gasteiger partial charge on any atom is -0.493 e. The smallest absolute Gasteiger partial charge is 0.174 e. The van der Waals surface area contributed by atoms with Crippen LogP contribution < -0.4 is 9.47 Å². The molecule has 0 spiro atoms. The Kier molecular flexibility index (Phi) is 7.17. The maximum atomic E-state index is 6.01. The Morgan fingerprint density at radius 1 is 1.00 bits per heavy atom. The molecule has 0 fully saturated rings. The predicted octanol–water partition coefficient (Wildman–Crippen LogP) is 4.72. The highest BCUT2D eigenvalue weighted by molar-refractivity contribution is 14.1. The first-order valence-electron chi connectivity index (χ1n) is 7.93. The Morgan fingerprint density at radius 3 is 2.30 bits per heavy atom. The molecule has 0 bridgehead atoms. The number of halogens is 1. The van der Waals surface area contributed by atoms with Crippen LogP contribution in [0.15, 0.2) is 42.5 Å². The Bertz CT molecular complexity index is 612.